The summed E-state index contributed by atoms with van der Waals surface area (Å²) in [6.45, 7) is 12.6. The van der Waals surface area contributed by atoms with Gasteiger partial charge in [-0.1, -0.05) is 45.0 Å². The third kappa shape index (κ3) is 3.93. The fourth-order valence-corrected chi connectivity index (χ4v) is 3.92. The largest absolute Gasteiger partial charge is 0.331 e. The van der Waals surface area contributed by atoms with Crippen LogP contribution in [0.1, 0.15) is 47.2 Å². The van der Waals surface area contributed by atoms with Gasteiger partial charge >= 0.3 is 0 Å². The summed E-state index contributed by atoms with van der Waals surface area (Å²) in [6, 6.07) is 16.8. The van der Waals surface area contributed by atoms with Gasteiger partial charge in [-0.2, -0.15) is 5.10 Å². The van der Waals surface area contributed by atoms with Crippen LogP contribution in [-0.2, 0) is 22.3 Å². The van der Waals surface area contributed by atoms with Crippen molar-refractivity contribution in [2.45, 2.75) is 59.0 Å². The second-order valence-electron chi connectivity index (χ2n) is 10.2. The number of hydrogen-bond acceptors (Lipinski definition) is 3. The van der Waals surface area contributed by atoms with Gasteiger partial charge < -0.3 is 9.88 Å². The van der Waals surface area contributed by atoms with E-state index in [1.54, 1.807) is 0 Å². The Labute approximate surface area is 187 Å². The molecule has 0 aliphatic rings. The Morgan fingerprint density at radius 1 is 0.906 bits per heavy atom. The van der Waals surface area contributed by atoms with Gasteiger partial charge in [0.25, 0.3) is 0 Å². The zero-order valence-corrected chi connectivity index (χ0v) is 19.6. The van der Waals surface area contributed by atoms with Gasteiger partial charge in [-0.3, -0.25) is 9.59 Å². The number of nitrogens with one attached hydrogen (secondary N) is 1. The second-order valence-corrected chi connectivity index (χ2v) is 10.2. The molecule has 0 saturated heterocycles. The van der Waals surface area contributed by atoms with E-state index in [1.807, 2.05) is 63.8 Å². The summed E-state index contributed by atoms with van der Waals surface area (Å²) in [5.41, 5.74) is 1.96. The molecule has 0 saturated carbocycles. The first kappa shape index (κ1) is 21.8. The van der Waals surface area contributed by atoms with E-state index in [-0.39, 0.29) is 28.8 Å². The van der Waals surface area contributed by atoms with Crippen LogP contribution in [0, 0.1) is 0 Å². The number of nitrogens with zero attached hydrogens (tertiary/aromatic N) is 3. The zero-order valence-electron chi connectivity index (χ0n) is 19.6. The van der Waals surface area contributed by atoms with Crippen molar-refractivity contribution in [2.24, 2.45) is 0 Å². The molecule has 1 amide bonds. The Hall–Kier alpha value is -3.41. The SMILES string of the molecule is CC(C)(C)c1cc(NC(=O)Cn2c3ccccc3c(=O)c3ccccc32)n(C(C)(C)C)n1. The number of rotatable bonds is 3. The molecule has 166 valence electrons. The molecular formula is C26H30N4O2. The number of carbonyl (C=O) groups is 1. The Morgan fingerprint density at radius 3 is 1.94 bits per heavy atom. The van der Waals surface area contributed by atoms with E-state index in [0.29, 0.717) is 16.6 Å². The highest BCUT2D eigenvalue weighted by molar-refractivity contribution is 5.97. The lowest BCUT2D eigenvalue weighted by Gasteiger charge is -2.23. The van der Waals surface area contributed by atoms with Gasteiger partial charge in [0.15, 0.2) is 5.43 Å². The lowest BCUT2D eigenvalue weighted by Crippen LogP contribution is -2.28. The average Bonchev–Trinajstić information content (AvgIpc) is 3.16. The first-order valence-electron chi connectivity index (χ1n) is 10.9. The normalized spacial score (nSPS) is 12.4. The first-order chi connectivity index (χ1) is 15.0. The van der Waals surface area contributed by atoms with E-state index in [9.17, 15) is 9.59 Å². The fourth-order valence-electron chi connectivity index (χ4n) is 3.92. The van der Waals surface area contributed by atoms with Gasteiger partial charge in [0.2, 0.25) is 5.91 Å². The number of carbonyl (C=O) groups excluding carboxylic acids is 1. The summed E-state index contributed by atoms with van der Waals surface area (Å²) in [5.74, 6) is 0.497. The summed E-state index contributed by atoms with van der Waals surface area (Å²) in [5, 5.41) is 9.05. The maximum absolute atomic E-state index is 13.2. The molecule has 6 nitrogen and oxygen atoms in total. The topological polar surface area (TPSA) is 68.9 Å². The van der Waals surface area contributed by atoms with Gasteiger partial charge in [-0.25, -0.2) is 4.68 Å². The molecule has 0 spiro atoms. The van der Waals surface area contributed by atoms with Crippen molar-refractivity contribution in [3.05, 3.63) is 70.5 Å². The van der Waals surface area contributed by atoms with Gasteiger partial charge in [0, 0.05) is 22.3 Å². The Morgan fingerprint density at radius 2 is 1.44 bits per heavy atom. The highest BCUT2D eigenvalue weighted by atomic mass is 16.2. The molecule has 1 N–H and O–H groups in total. The van der Waals surface area contributed by atoms with Crippen LogP contribution < -0.4 is 10.7 Å². The number of anilines is 1. The predicted molar refractivity (Wildman–Crippen MR) is 130 cm³/mol. The van der Waals surface area contributed by atoms with Crippen molar-refractivity contribution in [1.82, 2.24) is 14.3 Å². The molecule has 0 radical (unpaired) electrons. The molecule has 2 aromatic carbocycles. The third-order valence-corrected chi connectivity index (χ3v) is 5.56. The molecule has 2 aromatic heterocycles. The number of fused-ring (bicyclic) bond motifs is 2. The third-order valence-electron chi connectivity index (χ3n) is 5.56. The van der Waals surface area contributed by atoms with E-state index in [2.05, 4.69) is 46.9 Å². The lowest BCUT2D eigenvalue weighted by atomic mass is 9.92. The van der Waals surface area contributed by atoms with Crippen molar-refractivity contribution < 1.29 is 4.79 Å². The maximum atomic E-state index is 13.2. The average molecular weight is 431 g/mol. The Bertz CT molecular complexity index is 1320. The van der Waals surface area contributed by atoms with E-state index >= 15 is 0 Å². The van der Waals surface area contributed by atoms with Crippen molar-refractivity contribution in [2.75, 3.05) is 5.32 Å². The Kier molecular flexibility index (Phi) is 5.19. The van der Waals surface area contributed by atoms with Gasteiger partial charge in [0.05, 0.1) is 22.3 Å². The molecule has 4 aromatic rings. The highest BCUT2D eigenvalue weighted by Gasteiger charge is 2.26. The van der Waals surface area contributed by atoms with Crippen LogP contribution in [0.15, 0.2) is 59.4 Å². The predicted octanol–water partition coefficient (Wildman–Crippen LogP) is 5.04. The molecule has 0 unspecified atom stereocenters. The lowest BCUT2D eigenvalue weighted by molar-refractivity contribution is -0.116. The van der Waals surface area contributed by atoms with E-state index in [0.717, 1.165) is 16.7 Å². The Balaban J connectivity index is 1.77. The number of para-hydroxylation sites is 2. The summed E-state index contributed by atoms with van der Waals surface area (Å²) in [4.78, 5) is 26.2. The molecule has 2 heterocycles. The number of benzene rings is 2. The monoisotopic (exact) mass is 430 g/mol. The van der Waals surface area contributed by atoms with Crippen LogP contribution in [0.25, 0.3) is 21.8 Å². The number of aromatic nitrogens is 3. The van der Waals surface area contributed by atoms with E-state index in [4.69, 9.17) is 5.10 Å². The first-order valence-corrected chi connectivity index (χ1v) is 10.9. The van der Waals surface area contributed by atoms with Gasteiger partial charge in [-0.05, 0) is 45.0 Å². The standard InChI is InChI=1S/C26H30N4O2/c1-25(2,3)21-15-22(30(28-21)26(4,5)6)27-23(31)16-29-19-13-9-7-11-17(19)24(32)18-12-8-10-14-20(18)29/h7-15H,16H2,1-6H3,(H,27,31). The zero-order chi connectivity index (χ0) is 23.3. The minimum atomic E-state index is -0.289. The summed E-state index contributed by atoms with van der Waals surface area (Å²) in [7, 11) is 0. The van der Waals surface area contributed by atoms with E-state index in [1.165, 1.54) is 0 Å². The van der Waals surface area contributed by atoms with E-state index < -0.39 is 0 Å². The van der Waals surface area contributed by atoms with Crippen molar-refractivity contribution >= 4 is 33.5 Å². The minimum Gasteiger partial charge on any atom is -0.331 e. The molecule has 0 atom stereocenters. The van der Waals surface area contributed by atoms with Crippen LogP contribution in [0.2, 0.25) is 0 Å². The molecular weight excluding hydrogens is 400 g/mol. The number of pyridine rings is 1. The maximum Gasteiger partial charge on any atom is 0.245 e. The number of amides is 1. The van der Waals surface area contributed by atoms with Gasteiger partial charge in [-0.15, -0.1) is 0 Å². The molecule has 4 rings (SSSR count). The van der Waals surface area contributed by atoms with Crippen LogP contribution in [0.3, 0.4) is 0 Å². The highest BCUT2D eigenvalue weighted by Crippen LogP contribution is 2.28. The molecule has 0 bridgehead atoms. The number of hydrogen-bond donors (Lipinski definition) is 1. The molecule has 0 fully saturated rings. The summed E-state index contributed by atoms with van der Waals surface area (Å²) in [6.07, 6.45) is 0. The molecule has 0 aliphatic heterocycles. The van der Waals surface area contributed by atoms with Crippen LogP contribution in [0.4, 0.5) is 5.82 Å². The quantitative estimate of drug-likeness (QED) is 0.463. The van der Waals surface area contributed by atoms with Crippen LogP contribution in [-0.4, -0.2) is 20.3 Å². The van der Waals surface area contributed by atoms with Gasteiger partial charge in [0.1, 0.15) is 12.4 Å². The fraction of sp³-hybridized carbons (Fsp3) is 0.346. The van der Waals surface area contributed by atoms with Crippen LogP contribution >= 0.6 is 0 Å². The molecule has 0 aliphatic carbocycles. The summed E-state index contributed by atoms with van der Waals surface area (Å²) < 4.78 is 3.77. The van der Waals surface area contributed by atoms with Crippen molar-refractivity contribution in [3.8, 4) is 0 Å². The summed E-state index contributed by atoms with van der Waals surface area (Å²) >= 11 is 0. The molecule has 6 heteroatoms. The van der Waals surface area contributed by atoms with Crippen LogP contribution in [0.5, 0.6) is 0 Å². The second kappa shape index (κ2) is 7.62. The molecule has 32 heavy (non-hydrogen) atoms. The smallest absolute Gasteiger partial charge is 0.245 e. The minimum absolute atomic E-state index is 0.0199. The van der Waals surface area contributed by atoms with Crippen molar-refractivity contribution in [3.63, 3.8) is 0 Å². The van der Waals surface area contributed by atoms with Crippen molar-refractivity contribution in [1.29, 1.82) is 0 Å².